The van der Waals surface area contributed by atoms with Crippen molar-refractivity contribution >= 4 is 5.97 Å². The van der Waals surface area contributed by atoms with Crippen LogP contribution in [0, 0.1) is 11.8 Å². The molecule has 0 saturated carbocycles. The van der Waals surface area contributed by atoms with Crippen molar-refractivity contribution in [2.45, 2.75) is 12.6 Å². The SMILES string of the molecule is COc1ccc([C@H]2[C@@H]3CN(Cc4ccccc4OCC(=O)O)C[C@@H]3CN2C)cc1. The number of hydrogen-bond donors (Lipinski definition) is 1. The van der Waals surface area contributed by atoms with Gasteiger partial charge in [0.15, 0.2) is 6.61 Å². The first-order chi connectivity index (χ1) is 14.0. The number of para-hydroxylation sites is 1. The molecule has 2 saturated heterocycles. The lowest BCUT2D eigenvalue weighted by molar-refractivity contribution is -0.139. The lowest BCUT2D eigenvalue weighted by atomic mass is 9.89. The van der Waals surface area contributed by atoms with E-state index in [9.17, 15) is 4.79 Å². The molecule has 6 nitrogen and oxygen atoms in total. The molecular formula is C23H28N2O4. The average Bonchev–Trinajstić information content (AvgIpc) is 3.23. The van der Waals surface area contributed by atoms with Gasteiger partial charge in [-0.15, -0.1) is 0 Å². The second kappa shape index (κ2) is 8.43. The van der Waals surface area contributed by atoms with Gasteiger partial charge in [-0.05, 0) is 42.6 Å². The average molecular weight is 396 g/mol. The van der Waals surface area contributed by atoms with Crippen molar-refractivity contribution in [1.82, 2.24) is 9.80 Å². The third-order valence-electron chi connectivity index (χ3n) is 6.15. The fourth-order valence-electron chi connectivity index (χ4n) is 4.94. The van der Waals surface area contributed by atoms with Crippen LogP contribution in [0.25, 0.3) is 0 Å². The lowest BCUT2D eigenvalue weighted by Crippen LogP contribution is -2.29. The van der Waals surface area contributed by atoms with E-state index in [0.717, 1.165) is 37.5 Å². The molecule has 2 aromatic rings. The maximum atomic E-state index is 10.9. The number of carboxylic acids is 1. The Labute approximate surface area is 171 Å². The normalized spacial score (nSPS) is 24.4. The van der Waals surface area contributed by atoms with Gasteiger partial charge < -0.3 is 14.6 Å². The van der Waals surface area contributed by atoms with E-state index in [1.165, 1.54) is 5.56 Å². The minimum atomic E-state index is -0.958. The fourth-order valence-corrected chi connectivity index (χ4v) is 4.94. The van der Waals surface area contributed by atoms with Crippen LogP contribution in [0.1, 0.15) is 17.2 Å². The van der Waals surface area contributed by atoms with Crippen LogP contribution < -0.4 is 9.47 Å². The summed E-state index contributed by atoms with van der Waals surface area (Å²) in [6.07, 6.45) is 0. The summed E-state index contributed by atoms with van der Waals surface area (Å²) < 4.78 is 10.8. The summed E-state index contributed by atoms with van der Waals surface area (Å²) in [6.45, 7) is 3.64. The van der Waals surface area contributed by atoms with Crippen LogP contribution in [-0.4, -0.2) is 61.3 Å². The fraction of sp³-hybridized carbons (Fsp3) is 0.435. The molecule has 0 unspecified atom stereocenters. The van der Waals surface area contributed by atoms with Gasteiger partial charge in [0.2, 0.25) is 0 Å². The van der Waals surface area contributed by atoms with Crippen LogP contribution >= 0.6 is 0 Å². The highest BCUT2D eigenvalue weighted by molar-refractivity contribution is 5.68. The molecule has 0 radical (unpaired) electrons. The van der Waals surface area contributed by atoms with Crippen LogP contribution in [0.15, 0.2) is 48.5 Å². The predicted octanol–water partition coefficient (Wildman–Crippen LogP) is 2.89. The number of rotatable bonds is 7. The van der Waals surface area contributed by atoms with Gasteiger partial charge in [-0.3, -0.25) is 9.80 Å². The Bertz CT molecular complexity index is 854. The highest BCUT2D eigenvalue weighted by atomic mass is 16.5. The Morgan fingerprint density at radius 1 is 1.10 bits per heavy atom. The Hall–Kier alpha value is -2.57. The van der Waals surface area contributed by atoms with Crippen LogP contribution in [0.2, 0.25) is 0 Å². The highest BCUT2D eigenvalue weighted by Crippen LogP contribution is 2.44. The van der Waals surface area contributed by atoms with Crippen LogP contribution in [0.3, 0.4) is 0 Å². The molecule has 154 valence electrons. The summed E-state index contributed by atoms with van der Waals surface area (Å²) >= 11 is 0. The predicted molar refractivity (Wildman–Crippen MR) is 110 cm³/mol. The van der Waals surface area contributed by atoms with Crippen molar-refractivity contribution in [2.75, 3.05) is 40.4 Å². The Kier molecular flexibility index (Phi) is 5.74. The smallest absolute Gasteiger partial charge is 0.341 e. The van der Waals surface area contributed by atoms with E-state index in [1.807, 2.05) is 36.4 Å². The molecule has 1 N–H and O–H groups in total. The van der Waals surface area contributed by atoms with Crippen molar-refractivity contribution < 1.29 is 19.4 Å². The number of methoxy groups -OCH3 is 1. The summed E-state index contributed by atoms with van der Waals surface area (Å²) in [4.78, 5) is 15.8. The van der Waals surface area contributed by atoms with E-state index >= 15 is 0 Å². The molecule has 2 aliphatic heterocycles. The second-order valence-corrected chi connectivity index (χ2v) is 8.07. The molecule has 4 rings (SSSR count). The molecule has 0 amide bonds. The summed E-state index contributed by atoms with van der Waals surface area (Å²) in [5.74, 6) is 1.81. The summed E-state index contributed by atoms with van der Waals surface area (Å²) in [6, 6.07) is 16.6. The number of ether oxygens (including phenoxy) is 2. The van der Waals surface area contributed by atoms with E-state index in [1.54, 1.807) is 7.11 Å². The third-order valence-corrected chi connectivity index (χ3v) is 6.15. The van der Waals surface area contributed by atoms with E-state index in [4.69, 9.17) is 14.6 Å². The number of aliphatic carboxylic acids is 1. The van der Waals surface area contributed by atoms with Gasteiger partial charge in [0.1, 0.15) is 11.5 Å². The molecule has 2 fully saturated rings. The molecule has 2 aliphatic rings. The minimum Gasteiger partial charge on any atom is -0.497 e. The van der Waals surface area contributed by atoms with Crippen LogP contribution in [-0.2, 0) is 11.3 Å². The summed E-state index contributed by atoms with van der Waals surface area (Å²) in [5.41, 5.74) is 2.39. The largest absolute Gasteiger partial charge is 0.497 e. The minimum absolute atomic E-state index is 0.313. The first kappa shape index (κ1) is 19.7. The van der Waals surface area contributed by atoms with E-state index < -0.39 is 5.97 Å². The Morgan fingerprint density at radius 3 is 2.59 bits per heavy atom. The van der Waals surface area contributed by atoms with Crippen molar-refractivity contribution in [3.63, 3.8) is 0 Å². The van der Waals surface area contributed by atoms with E-state index in [0.29, 0.717) is 23.6 Å². The van der Waals surface area contributed by atoms with Gasteiger partial charge >= 0.3 is 5.97 Å². The van der Waals surface area contributed by atoms with Crippen molar-refractivity contribution in [3.8, 4) is 11.5 Å². The topological polar surface area (TPSA) is 62.2 Å². The van der Waals surface area contributed by atoms with Crippen molar-refractivity contribution in [1.29, 1.82) is 0 Å². The monoisotopic (exact) mass is 396 g/mol. The molecule has 0 aliphatic carbocycles. The zero-order valence-electron chi connectivity index (χ0n) is 17.0. The molecule has 0 bridgehead atoms. The summed E-state index contributed by atoms with van der Waals surface area (Å²) in [5, 5.41) is 8.91. The van der Waals surface area contributed by atoms with Gasteiger partial charge in [-0.25, -0.2) is 4.79 Å². The van der Waals surface area contributed by atoms with Crippen LogP contribution in [0.5, 0.6) is 11.5 Å². The van der Waals surface area contributed by atoms with Gasteiger partial charge in [-0.1, -0.05) is 30.3 Å². The standard InChI is InChI=1S/C23H28N2O4/c1-24-11-18-13-25(12-17-5-3-4-6-21(17)29-15-22(26)27)14-20(18)23(24)16-7-9-19(28-2)10-8-16/h3-10,18,20,23H,11-15H2,1-2H3,(H,26,27)/t18-,20+,23-/m0/s1. The maximum Gasteiger partial charge on any atom is 0.341 e. The number of hydrogen-bond acceptors (Lipinski definition) is 5. The number of carboxylic acid groups (broad SMARTS) is 1. The number of likely N-dealkylation sites (tertiary alicyclic amines) is 2. The van der Waals surface area contributed by atoms with Gasteiger partial charge in [-0.2, -0.15) is 0 Å². The van der Waals surface area contributed by atoms with Gasteiger partial charge in [0, 0.05) is 37.8 Å². The lowest BCUT2D eigenvalue weighted by Gasteiger charge is -2.27. The van der Waals surface area contributed by atoms with Crippen molar-refractivity contribution in [3.05, 3.63) is 59.7 Å². The molecule has 0 aromatic heterocycles. The number of nitrogens with zero attached hydrogens (tertiary/aromatic N) is 2. The zero-order valence-corrected chi connectivity index (χ0v) is 17.0. The molecule has 29 heavy (non-hydrogen) atoms. The maximum absolute atomic E-state index is 10.9. The third kappa shape index (κ3) is 4.23. The zero-order chi connectivity index (χ0) is 20.4. The quantitative estimate of drug-likeness (QED) is 0.777. The first-order valence-electron chi connectivity index (χ1n) is 10.0. The molecule has 0 spiro atoms. The molecule has 6 heteroatoms. The van der Waals surface area contributed by atoms with Gasteiger partial charge in [0.05, 0.1) is 7.11 Å². The Balaban J connectivity index is 1.45. The van der Waals surface area contributed by atoms with Crippen LogP contribution in [0.4, 0.5) is 0 Å². The summed E-state index contributed by atoms with van der Waals surface area (Å²) in [7, 11) is 3.91. The Morgan fingerprint density at radius 2 is 1.86 bits per heavy atom. The number of carbonyl (C=O) groups is 1. The highest BCUT2D eigenvalue weighted by Gasteiger charge is 2.46. The number of fused-ring (bicyclic) bond motifs is 1. The van der Waals surface area contributed by atoms with Crippen molar-refractivity contribution in [2.24, 2.45) is 11.8 Å². The molecular weight excluding hydrogens is 368 g/mol. The second-order valence-electron chi connectivity index (χ2n) is 8.07. The number of benzene rings is 2. The van der Waals surface area contributed by atoms with E-state index in [2.05, 4.69) is 29.0 Å². The first-order valence-corrected chi connectivity index (χ1v) is 10.0. The van der Waals surface area contributed by atoms with E-state index in [-0.39, 0.29) is 6.61 Å². The van der Waals surface area contributed by atoms with Gasteiger partial charge in [0.25, 0.3) is 0 Å². The molecule has 2 aromatic carbocycles. The molecule has 3 atom stereocenters. The molecule has 2 heterocycles.